The first-order valence-electron chi connectivity index (χ1n) is 8.92. The largest absolute Gasteiger partial charge is 0.271 e. The molecule has 0 saturated heterocycles. The maximum atomic E-state index is 12.4. The van der Waals surface area contributed by atoms with Crippen molar-refractivity contribution in [3.05, 3.63) is 95.6 Å². The summed E-state index contributed by atoms with van der Waals surface area (Å²) in [5, 5.41) is 4.40. The number of aryl methyl sites for hydroxylation is 1. The molecule has 1 aliphatic carbocycles. The molecule has 3 aromatic rings. The van der Waals surface area contributed by atoms with Crippen LogP contribution in [-0.2, 0) is 6.42 Å². The van der Waals surface area contributed by atoms with Crippen LogP contribution in [0.2, 0.25) is 0 Å². The summed E-state index contributed by atoms with van der Waals surface area (Å²) < 4.78 is 0. The van der Waals surface area contributed by atoms with E-state index in [0.717, 1.165) is 41.7 Å². The predicted octanol–water partition coefficient (Wildman–Crippen LogP) is 4.82. The second kappa shape index (κ2) is 7.36. The highest BCUT2D eigenvalue weighted by molar-refractivity contribution is 6.04. The molecular formula is C23H20N2O. The highest BCUT2D eigenvalue weighted by Gasteiger charge is 2.15. The van der Waals surface area contributed by atoms with E-state index in [1.54, 1.807) is 0 Å². The van der Waals surface area contributed by atoms with E-state index >= 15 is 0 Å². The maximum Gasteiger partial charge on any atom is 0.271 e. The average molecular weight is 340 g/mol. The fourth-order valence-electron chi connectivity index (χ4n) is 3.34. The van der Waals surface area contributed by atoms with Gasteiger partial charge in [0.1, 0.15) is 0 Å². The molecular weight excluding hydrogens is 320 g/mol. The van der Waals surface area contributed by atoms with Gasteiger partial charge in [-0.3, -0.25) is 4.79 Å². The number of hydrogen-bond acceptors (Lipinski definition) is 2. The number of nitrogens with zero attached hydrogens (tertiary/aromatic N) is 1. The minimum atomic E-state index is -0.180. The Morgan fingerprint density at radius 2 is 1.46 bits per heavy atom. The van der Waals surface area contributed by atoms with E-state index in [1.807, 2.05) is 48.5 Å². The smallest absolute Gasteiger partial charge is 0.267 e. The van der Waals surface area contributed by atoms with Gasteiger partial charge in [-0.1, -0.05) is 66.7 Å². The Kier molecular flexibility index (Phi) is 4.61. The second-order valence-corrected chi connectivity index (χ2v) is 6.45. The molecule has 26 heavy (non-hydrogen) atoms. The van der Waals surface area contributed by atoms with Crippen LogP contribution in [0.25, 0.3) is 11.1 Å². The van der Waals surface area contributed by atoms with Gasteiger partial charge in [0.25, 0.3) is 5.91 Å². The summed E-state index contributed by atoms with van der Waals surface area (Å²) in [4.78, 5) is 12.4. The van der Waals surface area contributed by atoms with Crippen LogP contribution in [0.15, 0.2) is 84.0 Å². The second-order valence-electron chi connectivity index (χ2n) is 6.45. The van der Waals surface area contributed by atoms with E-state index in [-0.39, 0.29) is 5.91 Å². The van der Waals surface area contributed by atoms with Crippen molar-refractivity contribution in [3.63, 3.8) is 0 Å². The lowest BCUT2D eigenvalue weighted by atomic mass is 9.90. The minimum absolute atomic E-state index is 0.180. The average Bonchev–Trinajstić information content (AvgIpc) is 2.73. The van der Waals surface area contributed by atoms with Crippen molar-refractivity contribution in [2.75, 3.05) is 0 Å². The molecule has 4 rings (SSSR count). The number of hydrazone groups is 1. The fourth-order valence-corrected chi connectivity index (χ4v) is 3.34. The molecule has 1 aliphatic rings. The molecule has 0 saturated carbocycles. The Morgan fingerprint density at radius 1 is 0.769 bits per heavy atom. The molecule has 0 unspecified atom stereocenters. The van der Waals surface area contributed by atoms with Crippen LogP contribution in [0.4, 0.5) is 0 Å². The topological polar surface area (TPSA) is 41.5 Å². The summed E-state index contributed by atoms with van der Waals surface area (Å²) in [6, 6.07) is 26.0. The zero-order chi connectivity index (χ0) is 17.8. The van der Waals surface area contributed by atoms with Crippen LogP contribution in [0.3, 0.4) is 0 Å². The van der Waals surface area contributed by atoms with Gasteiger partial charge in [-0.15, -0.1) is 0 Å². The number of hydrogen-bond donors (Lipinski definition) is 1. The number of benzene rings is 3. The molecule has 0 bridgehead atoms. The van der Waals surface area contributed by atoms with Gasteiger partial charge in [-0.05, 0) is 48.1 Å². The van der Waals surface area contributed by atoms with Crippen molar-refractivity contribution >= 4 is 11.6 Å². The quantitative estimate of drug-likeness (QED) is 0.682. The molecule has 128 valence electrons. The zero-order valence-corrected chi connectivity index (χ0v) is 14.5. The van der Waals surface area contributed by atoms with Crippen molar-refractivity contribution in [1.29, 1.82) is 0 Å². The molecule has 1 N–H and O–H groups in total. The Labute approximate surface area is 153 Å². The van der Waals surface area contributed by atoms with Gasteiger partial charge in [0, 0.05) is 11.1 Å². The summed E-state index contributed by atoms with van der Waals surface area (Å²) in [6.07, 6.45) is 3.03. The number of carbonyl (C=O) groups is 1. The summed E-state index contributed by atoms with van der Waals surface area (Å²) in [5.41, 5.74) is 8.97. The van der Waals surface area contributed by atoms with Gasteiger partial charge >= 0.3 is 0 Å². The van der Waals surface area contributed by atoms with Crippen molar-refractivity contribution in [2.45, 2.75) is 19.3 Å². The third-order valence-corrected chi connectivity index (χ3v) is 4.73. The summed E-state index contributed by atoms with van der Waals surface area (Å²) in [5.74, 6) is -0.180. The lowest BCUT2D eigenvalue weighted by Gasteiger charge is -2.17. The first kappa shape index (κ1) is 16.3. The molecule has 1 amide bonds. The third kappa shape index (κ3) is 3.42. The Balaban J connectivity index is 1.49. The summed E-state index contributed by atoms with van der Waals surface area (Å²) in [6.45, 7) is 0. The summed E-state index contributed by atoms with van der Waals surface area (Å²) >= 11 is 0. The third-order valence-electron chi connectivity index (χ3n) is 4.73. The molecule has 0 atom stereocenters. The van der Waals surface area contributed by atoms with E-state index < -0.39 is 0 Å². The van der Waals surface area contributed by atoms with Gasteiger partial charge in [-0.25, -0.2) is 5.43 Å². The first-order valence-corrected chi connectivity index (χ1v) is 8.92. The lowest BCUT2D eigenvalue weighted by Crippen LogP contribution is -2.22. The normalized spacial score (nSPS) is 14.7. The standard InChI is InChI=1S/C23H20N2O/c26-23(20-15-13-18(14-16-20)17-7-2-1-3-8-17)25-24-22-12-6-10-19-9-4-5-11-21(19)22/h1-5,7-9,11,13-16H,6,10,12H2,(H,25,26)/b24-22+. The molecule has 0 aliphatic heterocycles. The molecule has 0 aromatic heterocycles. The lowest BCUT2D eigenvalue weighted by molar-refractivity contribution is 0.0955. The van der Waals surface area contributed by atoms with Gasteiger partial charge < -0.3 is 0 Å². The highest BCUT2D eigenvalue weighted by atomic mass is 16.2. The zero-order valence-electron chi connectivity index (χ0n) is 14.5. The number of carbonyl (C=O) groups excluding carboxylic acids is 1. The predicted molar refractivity (Wildman–Crippen MR) is 105 cm³/mol. The molecule has 0 fully saturated rings. The van der Waals surface area contributed by atoms with E-state index in [4.69, 9.17) is 0 Å². The van der Waals surface area contributed by atoms with E-state index in [1.165, 1.54) is 5.56 Å². The van der Waals surface area contributed by atoms with Crippen LogP contribution < -0.4 is 5.43 Å². The Hall–Kier alpha value is -3.20. The SMILES string of the molecule is O=C(N/N=C1\CCCc2ccccc21)c1ccc(-c2ccccc2)cc1. The van der Waals surface area contributed by atoms with Crippen LogP contribution in [0.1, 0.15) is 34.3 Å². The molecule has 0 heterocycles. The molecule has 0 spiro atoms. The number of fused-ring (bicyclic) bond motifs is 1. The molecule has 3 nitrogen and oxygen atoms in total. The Bertz CT molecular complexity index is 943. The van der Waals surface area contributed by atoms with Crippen molar-refractivity contribution < 1.29 is 4.79 Å². The molecule has 3 heteroatoms. The van der Waals surface area contributed by atoms with E-state index in [9.17, 15) is 4.79 Å². The van der Waals surface area contributed by atoms with Gasteiger partial charge in [-0.2, -0.15) is 5.10 Å². The minimum Gasteiger partial charge on any atom is -0.267 e. The van der Waals surface area contributed by atoms with Gasteiger partial charge in [0.15, 0.2) is 0 Å². The fraction of sp³-hybridized carbons (Fsp3) is 0.130. The van der Waals surface area contributed by atoms with E-state index in [2.05, 4.69) is 40.9 Å². The first-order chi connectivity index (χ1) is 12.8. The van der Waals surface area contributed by atoms with Crippen LogP contribution in [0, 0.1) is 0 Å². The Morgan fingerprint density at radius 3 is 2.27 bits per heavy atom. The number of rotatable bonds is 3. The van der Waals surface area contributed by atoms with Gasteiger partial charge in [0.2, 0.25) is 0 Å². The monoisotopic (exact) mass is 340 g/mol. The van der Waals surface area contributed by atoms with Crippen LogP contribution in [0.5, 0.6) is 0 Å². The molecule has 0 radical (unpaired) electrons. The maximum absolute atomic E-state index is 12.4. The molecule has 3 aromatic carbocycles. The van der Waals surface area contributed by atoms with Crippen LogP contribution >= 0.6 is 0 Å². The number of nitrogens with one attached hydrogen (secondary N) is 1. The number of amides is 1. The van der Waals surface area contributed by atoms with Crippen LogP contribution in [-0.4, -0.2) is 11.6 Å². The van der Waals surface area contributed by atoms with Crippen molar-refractivity contribution in [2.24, 2.45) is 5.10 Å². The highest BCUT2D eigenvalue weighted by Crippen LogP contribution is 2.21. The van der Waals surface area contributed by atoms with Crippen molar-refractivity contribution in [1.82, 2.24) is 5.43 Å². The van der Waals surface area contributed by atoms with Crippen molar-refractivity contribution in [3.8, 4) is 11.1 Å². The van der Waals surface area contributed by atoms with E-state index in [0.29, 0.717) is 5.56 Å². The van der Waals surface area contributed by atoms with Gasteiger partial charge in [0.05, 0.1) is 5.71 Å². The summed E-state index contributed by atoms with van der Waals surface area (Å²) in [7, 11) is 0.